The molecule has 1 atom stereocenters. The zero-order chi connectivity index (χ0) is 17.4. The van der Waals surface area contributed by atoms with E-state index in [1.54, 1.807) is 0 Å². The number of rotatable bonds is 9. The second kappa shape index (κ2) is 9.80. The molecular weight excluding hydrogens is 300 g/mol. The lowest BCUT2D eigenvalue weighted by Crippen LogP contribution is -2.47. The molecule has 134 valence electrons. The summed E-state index contributed by atoms with van der Waals surface area (Å²) in [5.74, 6) is -0.0168. The van der Waals surface area contributed by atoms with Crippen molar-refractivity contribution in [2.45, 2.75) is 45.6 Å². The van der Waals surface area contributed by atoms with Crippen LogP contribution >= 0.6 is 0 Å². The third-order valence-electron chi connectivity index (χ3n) is 5.16. The van der Waals surface area contributed by atoms with Gasteiger partial charge in [0.1, 0.15) is 0 Å². The van der Waals surface area contributed by atoms with E-state index in [1.165, 1.54) is 12.0 Å². The van der Waals surface area contributed by atoms with Gasteiger partial charge in [-0.15, -0.1) is 0 Å². The molecule has 0 bridgehead atoms. The van der Waals surface area contributed by atoms with Gasteiger partial charge in [-0.3, -0.25) is 9.69 Å². The highest BCUT2D eigenvalue weighted by Crippen LogP contribution is 2.19. The molecule has 1 N–H and O–H groups in total. The van der Waals surface area contributed by atoms with E-state index in [9.17, 15) is 4.79 Å². The van der Waals surface area contributed by atoms with E-state index in [0.717, 1.165) is 45.4 Å². The molecule has 2 rings (SSSR count). The molecule has 1 heterocycles. The van der Waals surface area contributed by atoms with E-state index < -0.39 is 5.97 Å². The van der Waals surface area contributed by atoms with Crippen molar-refractivity contribution in [1.29, 1.82) is 0 Å². The molecule has 1 aliphatic heterocycles. The fourth-order valence-corrected chi connectivity index (χ4v) is 3.73. The van der Waals surface area contributed by atoms with Gasteiger partial charge in [-0.25, -0.2) is 0 Å². The molecule has 24 heavy (non-hydrogen) atoms. The number of hydrogen-bond acceptors (Lipinski definition) is 3. The first-order valence-electron chi connectivity index (χ1n) is 9.30. The second-order valence-electron chi connectivity index (χ2n) is 7.12. The van der Waals surface area contributed by atoms with Crippen LogP contribution in [0.2, 0.25) is 0 Å². The first kappa shape index (κ1) is 18.9. The van der Waals surface area contributed by atoms with E-state index in [1.807, 2.05) is 0 Å². The van der Waals surface area contributed by atoms with Crippen LogP contribution in [-0.4, -0.2) is 59.6 Å². The number of benzene rings is 1. The number of piperidine rings is 1. The minimum Gasteiger partial charge on any atom is -0.480 e. The van der Waals surface area contributed by atoms with Crippen molar-refractivity contribution in [3.63, 3.8) is 0 Å². The average molecular weight is 332 g/mol. The summed E-state index contributed by atoms with van der Waals surface area (Å²) in [5.41, 5.74) is 1.43. The predicted molar refractivity (Wildman–Crippen MR) is 98.3 cm³/mol. The Morgan fingerprint density at radius 1 is 1.29 bits per heavy atom. The van der Waals surface area contributed by atoms with E-state index in [4.69, 9.17) is 5.11 Å². The number of aliphatic carboxylic acids is 1. The topological polar surface area (TPSA) is 43.8 Å². The molecule has 1 aliphatic rings. The van der Waals surface area contributed by atoms with Crippen LogP contribution in [0, 0.1) is 5.92 Å². The van der Waals surface area contributed by atoms with Gasteiger partial charge >= 0.3 is 5.97 Å². The predicted octanol–water partition coefficient (Wildman–Crippen LogP) is 3.13. The maximum absolute atomic E-state index is 11.0. The van der Waals surface area contributed by atoms with Crippen molar-refractivity contribution in [2.75, 3.05) is 32.7 Å². The van der Waals surface area contributed by atoms with Crippen LogP contribution in [0.3, 0.4) is 0 Å². The summed E-state index contributed by atoms with van der Waals surface area (Å²) >= 11 is 0. The lowest BCUT2D eigenvalue weighted by molar-refractivity contribution is -0.139. The molecule has 0 radical (unpaired) electrons. The van der Waals surface area contributed by atoms with Gasteiger partial charge in [0.25, 0.3) is 0 Å². The fraction of sp³-hybridized carbons (Fsp3) is 0.650. The minimum atomic E-state index is -0.714. The molecule has 1 aromatic carbocycles. The maximum atomic E-state index is 11.0. The van der Waals surface area contributed by atoms with E-state index >= 15 is 0 Å². The summed E-state index contributed by atoms with van der Waals surface area (Å²) in [6.45, 7) is 8.75. The third-order valence-corrected chi connectivity index (χ3v) is 5.16. The molecule has 1 unspecified atom stereocenters. The van der Waals surface area contributed by atoms with E-state index in [0.29, 0.717) is 12.0 Å². The van der Waals surface area contributed by atoms with Crippen LogP contribution in [0.5, 0.6) is 0 Å². The Labute approximate surface area is 146 Å². The lowest BCUT2D eigenvalue weighted by Gasteiger charge is -2.38. The highest BCUT2D eigenvalue weighted by molar-refractivity contribution is 5.69. The minimum absolute atomic E-state index is 0.175. The van der Waals surface area contributed by atoms with Crippen LogP contribution in [-0.2, 0) is 11.2 Å². The second-order valence-corrected chi connectivity index (χ2v) is 7.12. The molecule has 0 spiro atoms. The number of aryl methyl sites for hydroxylation is 1. The summed E-state index contributed by atoms with van der Waals surface area (Å²) in [7, 11) is 0. The van der Waals surface area contributed by atoms with Gasteiger partial charge in [-0.1, -0.05) is 44.2 Å². The fourth-order valence-electron chi connectivity index (χ4n) is 3.73. The van der Waals surface area contributed by atoms with Crippen molar-refractivity contribution in [1.82, 2.24) is 9.80 Å². The summed E-state index contributed by atoms with van der Waals surface area (Å²) in [6, 6.07) is 11.1. The Balaban J connectivity index is 1.69. The highest BCUT2D eigenvalue weighted by Gasteiger charge is 2.25. The molecule has 0 aliphatic carbocycles. The van der Waals surface area contributed by atoms with Crippen molar-refractivity contribution >= 4 is 5.97 Å². The molecule has 1 aromatic rings. The van der Waals surface area contributed by atoms with Gasteiger partial charge in [0.2, 0.25) is 0 Å². The normalized spacial score (nSPS) is 18.0. The van der Waals surface area contributed by atoms with Crippen molar-refractivity contribution in [3.05, 3.63) is 35.9 Å². The SMILES string of the molecule is CCN(CC(=O)O)C1CCN(CC(C)CCc2ccccc2)CC1. The van der Waals surface area contributed by atoms with Gasteiger partial charge < -0.3 is 10.0 Å². The molecule has 1 saturated heterocycles. The van der Waals surface area contributed by atoms with Crippen LogP contribution in [0.1, 0.15) is 38.7 Å². The molecule has 4 nitrogen and oxygen atoms in total. The summed E-state index contributed by atoms with van der Waals surface area (Å²) in [6.07, 6.45) is 4.56. The van der Waals surface area contributed by atoms with Gasteiger partial charge in [0, 0.05) is 12.6 Å². The number of carboxylic acids is 1. The number of likely N-dealkylation sites (tertiary alicyclic amines) is 1. The molecule has 4 heteroatoms. The molecule has 0 aromatic heterocycles. The van der Waals surface area contributed by atoms with Gasteiger partial charge in [0.15, 0.2) is 0 Å². The lowest BCUT2D eigenvalue weighted by atomic mass is 9.98. The van der Waals surface area contributed by atoms with Crippen LogP contribution in [0.15, 0.2) is 30.3 Å². The summed E-state index contributed by atoms with van der Waals surface area (Å²) in [5, 5.41) is 9.02. The smallest absolute Gasteiger partial charge is 0.317 e. The monoisotopic (exact) mass is 332 g/mol. The van der Waals surface area contributed by atoms with Crippen LogP contribution < -0.4 is 0 Å². The van der Waals surface area contributed by atoms with Gasteiger partial charge in [-0.2, -0.15) is 0 Å². The van der Waals surface area contributed by atoms with Gasteiger partial charge in [-0.05, 0) is 56.8 Å². The number of likely N-dealkylation sites (N-methyl/N-ethyl adjacent to an activating group) is 1. The number of nitrogens with zero attached hydrogens (tertiary/aromatic N) is 2. The first-order chi connectivity index (χ1) is 11.6. The van der Waals surface area contributed by atoms with Crippen molar-refractivity contribution in [3.8, 4) is 0 Å². The average Bonchev–Trinajstić information content (AvgIpc) is 2.59. The van der Waals surface area contributed by atoms with Crippen molar-refractivity contribution in [2.24, 2.45) is 5.92 Å². The third kappa shape index (κ3) is 6.25. The van der Waals surface area contributed by atoms with Crippen LogP contribution in [0.25, 0.3) is 0 Å². The standard InChI is InChI=1S/C20H32N2O2/c1-3-22(16-20(23)24)19-11-13-21(14-12-19)15-17(2)9-10-18-7-5-4-6-8-18/h4-8,17,19H,3,9-16H2,1-2H3,(H,23,24). The van der Waals surface area contributed by atoms with E-state index in [-0.39, 0.29) is 6.54 Å². The molecule has 0 saturated carbocycles. The maximum Gasteiger partial charge on any atom is 0.317 e. The Morgan fingerprint density at radius 3 is 2.54 bits per heavy atom. The van der Waals surface area contributed by atoms with E-state index in [2.05, 4.69) is 54.0 Å². The summed E-state index contributed by atoms with van der Waals surface area (Å²) in [4.78, 5) is 15.6. The Morgan fingerprint density at radius 2 is 1.96 bits per heavy atom. The summed E-state index contributed by atoms with van der Waals surface area (Å²) < 4.78 is 0. The zero-order valence-corrected chi connectivity index (χ0v) is 15.2. The molecular formula is C20H32N2O2. The quantitative estimate of drug-likeness (QED) is 0.754. The Bertz CT molecular complexity index is 484. The number of carbonyl (C=O) groups is 1. The molecule has 1 fully saturated rings. The highest BCUT2D eigenvalue weighted by atomic mass is 16.4. The van der Waals surface area contributed by atoms with Crippen LogP contribution in [0.4, 0.5) is 0 Å². The number of hydrogen-bond donors (Lipinski definition) is 1. The van der Waals surface area contributed by atoms with Crippen molar-refractivity contribution < 1.29 is 9.90 Å². The van der Waals surface area contributed by atoms with Gasteiger partial charge in [0.05, 0.1) is 6.54 Å². The Kier molecular flexibility index (Phi) is 7.73. The zero-order valence-electron chi connectivity index (χ0n) is 15.2. The number of carboxylic acid groups (broad SMARTS) is 1. The molecule has 0 amide bonds. The largest absolute Gasteiger partial charge is 0.480 e. The Hall–Kier alpha value is -1.39. The first-order valence-corrected chi connectivity index (χ1v) is 9.30.